The molecule has 0 aromatic rings. The van der Waals surface area contributed by atoms with E-state index < -0.39 is 10.4 Å². The molecule has 32 atom stereocenters. The highest BCUT2D eigenvalue weighted by Gasteiger charge is 2.68. The molecule has 2 aliphatic heterocycles. The zero-order chi connectivity index (χ0) is 70.2. The van der Waals surface area contributed by atoms with Gasteiger partial charge in [0, 0.05) is 67.2 Å². The minimum atomic E-state index is -4.67. The number of ketones is 4. The number of rotatable bonds is 4. The molecule has 18 aliphatic rings. The average molecular weight is 1440 g/mol. The summed E-state index contributed by atoms with van der Waals surface area (Å²) in [5.41, 5.74) is 1.61. The van der Waals surface area contributed by atoms with Crippen LogP contribution in [0.2, 0.25) is 0 Å². The van der Waals surface area contributed by atoms with E-state index in [0.29, 0.717) is 119 Å². The van der Waals surface area contributed by atoms with Crippen LogP contribution in [0, 0.1) is 138 Å². The predicted octanol–water partition coefficient (Wildman–Crippen LogP) is 17.2. The molecule has 18 rings (SSSR count). The lowest BCUT2D eigenvalue weighted by Gasteiger charge is -2.61. The lowest BCUT2D eigenvalue weighted by molar-refractivity contribution is -0.186. The van der Waals surface area contributed by atoms with Crippen LogP contribution in [-0.2, 0) is 48.5 Å². The Bertz CT molecular complexity index is 2940. The highest BCUT2D eigenvalue weighted by molar-refractivity contribution is 7.79. The van der Waals surface area contributed by atoms with Crippen LogP contribution in [0.3, 0.4) is 0 Å². The van der Waals surface area contributed by atoms with Crippen molar-refractivity contribution >= 4 is 33.5 Å². The number of epoxide rings is 2. The first-order valence-electron chi connectivity index (χ1n) is 40.6. The summed E-state index contributed by atoms with van der Waals surface area (Å²) in [4.78, 5) is 49.8. The van der Waals surface area contributed by atoms with E-state index in [9.17, 15) is 29.4 Å². The fraction of sp³-hybridized carbons (Fsp3) is 0.953. The Hall–Kier alpha value is -1.73. The number of ether oxygens (including phenoxy) is 4. The molecule has 101 heavy (non-hydrogen) atoms. The Morgan fingerprint density at radius 3 is 1.19 bits per heavy atom. The first kappa shape index (κ1) is 81.8. The molecule has 0 amide bonds. The summed E-state index contributed by atoms with van der Waals surface area (Å²) in [5, 5.41) is 28.6. The quantitative estimate of drug-likeness (QED) is 0.130. The van der Waals surface area contributed by atoms with Crippen molar-refractivity contribution in [2.75, 3.05) is 19.8 Å². The Labute approximate surface area is 611 Å². The van der Waals surface area contributed by atoms with E-state index in [-0.39, 0.29) is 85.8 Å². The van der Waals surface area contributed by atoms with Crippen LogP contribution in [0.25, 0.3) is 0 Å². The molecule has 15 nitrogen and oxygen atoms in total. The van der Waals surface area contributed by atoms with Gasteiger partial charge >= 0.3 is 10.4 Å². The van der Waals surface area contributed by atoms with Gasteiger partial charge in [-0.05, 0) is 317 Å². The van der Waals surface area contributed by atoms with Gasteiger partial charge in [0.05, 0.1) is 48.8 Å². The zero-order valence-corrected chi connectivity index (χ0v) is 63.1. The summed E-state index contributed by atoms with van der Waals surface area (Å²) >= 11 is 0. The summed E-state index contributed by atoms with van der Waals surface area (Å²) in [7, 11) is -4.67. The number of hydrogen-bond acceptors (Lipinski definition) is 13. The molecule has 0 aromatic carbocycles. The molecule has 0 radical (unpaired) electrons. The molecule has 2 heterocycles. The SMILES string of the molecule is C.C.C.CCO.CCO[C@H]1C[C@@]2(C)[C@@H](CC[C@@H]3[C@@H]2CC[C@]2(C)C(=O)CC[C@@H]32)C[C@@H]1O.CCO[C@H]1[C@H](O)CC[C@]2(C)[C@H]3CC[C@]4(C)C(=O)CC[C@H]4[C@@H]3CC[C@@H]12.C[C@]12CC[C@H]3O[C@H]3[C@@H]1CC[C@@H]1[C@@H]2CC[C@]2(C)C(=O)CC[C@@H]12.C[C@]12C[C@H]3O[C@H]3C[C@@H]1CC[C@@H]1[C@@H]2CC[C@]2(C)C(=O)CC[C@@H]12.O=S(=O)(O)O. The van der Waals surface area contributed by atoms with E-state index in [4.69, 9.17) is 41.6 Å². The van der Waals surface area contributed by atoms with Crippen molar-refractivity contribution in [2.24, 2.45) is 138 Å². The number of aliphatic hydroxyl groups excluding tert-OH is 3. The van der Waals surface area contributed by atoms with Gasteiger partial charge in [0.2, 0.25) is 0 Å². The molecule has 580 valence electrons. The maximum absolute atomic E-state index is 12.5. The van der Waals surface area contributed by atoms with Crippen molar-refractivity contribution in [3.05, 3.63) is 0 Å². The van der Waals surface area contributed by atoms with E-state index in [1.54, 1.807) is 6.92 Å². The largest absolute Gasteiger partial charge is 0.397 e. The molecule has 18 fully saturated rings. The number of carbonyl (C=O) groups is 4. The molecule has 16 heteroatoms. The van der Waals surface area contributed by atoms with Crippen molar-refractivity contribution < 1.29 is 71.0 Å². The smallest absolute Gasteiger partial charge is 0.394 e. The van der Waals surface area contributed by atoms with Gasteiger partial charge in [-0.15, -0.1) is 0 Å². The third kappa shape index (κ3) is 14.1. The molecule has 0 aromatic heterocycles. The van der Waals surface area contributed by atoms with Gasteiger partial charge in [-0.2, -0.15) is 8.42 Å². The standard InChI is InChI=1S/2C21H34O3.2C19H28O2.C2H6O.3CH4.H2O4S/c1-4-24-19-16-6-5-13-14-7-8-18(23)21(14,3)11-9-15(13)20(16,2)12-10-17(19)22;1-4-24-18-12-21(3)13(11-17(18)22)5-6-14-15-7-8-19(23)20(15,2)10-9-16(14)21;1-18-10-8-15-17(21-15)14(18)4-3-11-12-5-6-16(20)19(12,2)9-7-13(11)18;1-18-8-7-14-12(13(18)5-6-17(18)20)4-3-11-9-15-16(21-15)10-19(11,14)2;1-2-3;;;;1-5(2,3)4/h13-17,19,22H,4-12H2,1-3H3;13-18,22H,4-12H2,1-3H3;11-15,17H,3-10H2,1-2H3;11-16H,3-10H2,1-2H3;3H,2H2,1H3;3*1H4;(H2,1,2,3,4)/t13-,14-,15-,16-,17+,19+,20+,21-;13-,14-,15-,16-,17-,18-,20-,21-;11-,12-,13-,14-,15+,17-,18+,19-;11-,12-,13-,14-,15-,16+,18-,19-;;;;;/m0000...../s1. The van der Waals surface area contributed by atoms with Gasteiger partial charge in [-0.3, -0.25) is 28.3 Å². The monoisotopic (exact) mass is 1440 g/mol. The van der Waals surface area contributed by atoms with Crippen molar-refractivity contribution in [3.63, 3.8) is 0 Å². The molecule has 0 bridgehead atoms. The topological polar surface area (TPSA) is 247 Å². The summed E-state index contributed by atoms with van der Waals surface area (Å²) in [6.07, 6.45) is 38.9. The Morgan fingerprint density at radius 2 is 0.762 bits per heavy atom. The fourth-order valence-electron chi connectivity index (χ4n) is 29.5. The maximum atomic E-state index is 12.5. The summed E-state index contributed by atoms with van der Waals surface area (Å²) < 4.78 is 55.4. The van der Waals surface area contributed by atoms with Crippen LogP contribution in [0.5, 0.6) is 0 Å². The fourth-order valence-corrected chi connectivity index (χ4v) is 29.5. The van der Waals surface area contributed by atoms with E-state index in [1.165, 1.54) is 116 Å². The van der Waals surface area contributed by atoms with Crippen LogP contribution >= 0.6 is 0 Å². The maximum Gasteiger partial charge on any atom is 0.394 e. The van der Waals surface area contributed by atoms with Crippen molar-refractivity contribution in [1.29, 1.82) is 0 Å². The van der Waals surface area contributed by atoms with Gasteiger partial charge in [0.15, 0.2) is 0 Å². The highest BCUT2D eigenvalue weighted by Crippen LogP contribution is 2.72. The van der Waals surface area contributed by atoms with E-state index in [1.807, 2.05) is 13.8 Å². The number of Topliss-reactive ketones (excluding diaryl/α,β-unsaturated/α-hetero) is 4. The number of hydrogen-bond donors (Lipinski definition) is 5. The van der Waals surface area contributed by atoms with Crippen LogP contribution in [0.15, 0.2) is 0 Å². The van der Waals surface area contributed by atoms with Crippen LogP contribution < -0.4 is 0 Å². The molecular weight excluding hydrogens is 1290 g/mol. The van der Waals surface area contributed by atoms with Gasteiger partial charge in [-0.25, -0.2) is 0 Å². The molecule has 0 spiro atoms. The Balaban J connectivity index is 0.000000139. The molecule has 16 aliphatic carbocycles. The minimum absolute atomic E-state index is 0. The van der Waals surface area contributed by atoms with E-state index >= 15 is 0 Å². The number of carbonyl (C=O) groups excluding carboxylic acids is 4. The van der Waals surface area contributed by atoms with Crippen molar-refractivity contribution in [2.45, 2.75) is 353 Å². The number of aliphatic hydroxyl groups is 3. The summed E-state index contributed by atoms with van der Waals surface area (Å²) in [6.45, 7) is 26.6. The second-order valence-electron chi connectivity index (χ2n) is 38.2. The molecule has 16 saturated carbocycles. The van der Waals surface area contributed by atoms with Crippen molar-refractivity contribution in [1.82, 2.24) is 0 Å². The minimum Gasteiger partial charge on any atom is -0.397 e. The van der Waals surface area contributed by atoms with Crippen molar-refractivity contribution in [3.8, 4) is 0 Å². The molecular formula is C85H144O15S. The van der Waals surface area contributed by atoms with E-state index in [0.717, 1.165) is 137 Å². The van der Waals surface area contributed by atoms with Gasteiger partial charge in [0.25, 0.3) is 0 Å². The summed E-state index contributed by atoms with van der Waals surface area (Å²) in [6, 6.07) is 0. The highest BCUT2D eigenvalue weighted by atomic mass is 32.3. The predicted molar refractivity (Wildman–Crippen MR) is 396 cm³/mol. The third-order valence-electron chi connectivity index (χ3n) is 34.8. The lowest BCUT2D eigenvalue weighted by atomic mass is 9.44. The molecule has 2 saturated heterocycles. The van der Waals surface area contributed by atoms with Gasteiger partial charge < -0.3 is 34.3 Å². The van der Waals surface area contributed by atoms with Crippen LogP contribution in [-0.4, -0.2) is 125 Å². The first-order chi connectivity index (χ1) is 46.3. The first-order valence-corrected chi connectivity index (χ1v) is 42.0. The zero-order valence-electron chi connectivity index (χ0n) is 62.3. The second-order valence-corrected chi connectivity index (χ2v) is 39.1. The third-order valence-corrected chi connectivity index (χ3v) is 34.8. The second kappa shape index (κ2) is 30.3. The lowest BCUT2D eigenvalue weighted by Crippen LogP contribution is -2.58. The van der Waals surface area contributed by atoms with Crippen LogP contribution in [0.1, 0.15) is 304 Å². The molecule has 5 N–H and O–H groups in total. The summed E-state index contributed by atoms with van der Waals surface area (Å²) in [5.74, 6) is 13.9. The average Bonchev–Trinajstić information content (AvgIpc) is 1.10. The number of fused-ring (bicyclic) bond motifs is 23. The Kier molecular flexibility index (Phi) is 24.5. The van der Waals surface area contributed by atoms with Crippen LogP contribution in [0.4, 0.5) is 0 Å². The van der Waals surface area contributed by atoms with E-state index in [2.05, 4.69) is 55.4 Å². The van der Waals surface area contributed by atoms with Gasteiger partial charge in [0.1, 0.15) is 23.1 Å². The Morgan fingerprint density at radius 1 is 0.396 bits per heavy atom. The normalized spacial score (nSPS) is 52.0. The van der Waals surface area contributed by atoms with Gasteiger partial charge in [-0.1, -0.05) is 77.7 Å². The molecule has 0 unspecified atom stereocenters.